The maximum absolute atomic E-state index is 13.3. The molecule has 0 saturated carbocycles. The van der Waals surface area contributed by atoms with Crippen molar-refractivity contribution in [2.75, 3.05) is 11.9 Å². The van der Waals surface area contributed by atoms with Gasteiger partial charge in [-0.25, -0.2) is 4.39 Å². The zero-order valence-electron chi connectivity index (χ0n) is 14.2. The molecule has 1 unspecified atom stereocenters. The Labute approximate surface area is 152 Å². The van der Waals surface area contributed by atoms with E-state index < -0.39 is 17.6 Å². The van der Waals surface area contributed by atoms with Crippen LogP contribution in [0, 0.1) is 5.82 Å². The summed E-state index contributed by atoms with van der Waals surface area (Å²) in [6.45, 7) is 0.0829. The molecule has 4 nitrogen and oxygen atoms in total. The summed E-state index contributed by atoms with van der Waals surface area (Å²) in [6, 6.07) is 13.0. The minimum absolute atomic E-state index is 0.0635. The number of para-hydroxylation sites is 1. The molecule has 1 aliphatic heterocycles. The molecule has 1 atom stereocenters. The smallest absolute Gasteiger partial charge is 0.351 e. The number of anilines is 1. The molecule has 4 rings (SSSR count). The first kappa shape index (κ1) is 17.5. The lowest BCUT2D eigenvalue weighted by Gasteiger charge is -2.19. The number of aromatic nitrogens is 2. The van der Waals surface area contributed by atoms with Gasteiger partial charge in [-0.2, -0.15) is 18.3 Å². The van der Waals surface area contributed by atoms with Crippen LogP contribution in [0.4, 0.5) is 23.2 Å². The number of epoxide rings is 1. The summed E-state index contributed by atoms with van der Waals surface area (Å²) >= 11 is 0. The molecule has 8 heteroatoms. The third kappa shape index (κ3) is 3.28. The van der Waals surface area contributed by atoms with Gasteiger partial charge in [0.05, 0.1) is 5.56 Å². The first-order chi connectivity index (χ1) is 12.8. The topological polar surface area (TPSA) is 42.4 Å². The van der Waals surface area contributed by atoms with Gasteiger partial charge < -0.3 is 10.1 Å². The molecule has 2 heterocycles. The van der Waals surface area contributed by atoms with Gasteiger partial charge in [-0.05, 0) is 23.8 Å². The number of hydrogen-bond acceptors (Lipinski definition) is 3. The van der Waals surface area contributed by atoms with Crippen LogP contribution in [0.2, 0.25) is 0 Å². The third-order valence-electron chi connectivity index (χ3n) is 4.38. The number of benzene rings is 2. The van der Waals surface area contributed by atoms with Crippen molar-refractivity contribution in [1.82, 2.24) is 9.78 Å². The standard InChI is InChI=1S/C19H15F4N3O/c1-26-10-15(17(25-26)19(21,22)23)18(11-27-18)24-16-5-3-2-4-14(16)12-6-8-13(20)9-7-12/h2-10,24H,11H2,1H3. The zero-order valence-corrected chi connectivity index (χ0v) is 14.2. The molecule has 0 amide bonds. The number of rotatable bonds is 4. The number of hydrogen-bond donors (Lipinski definition) is 1. The molecule has 1 aromatic heterocycles. The summed E-state index contributed by atoms with van der Waals surface area (Å²) in [4.78, 5) is 0. The fraction of sp³-hybridized carbons (Fsp3) is 0.211. The van der Waals surface area contributed by atoms with E-state index in [0.29, 0.717) is 5.69 Å². The van der Waals surface area contributed by atoms with Gasteiger partial charge in [-0.15, -0.1) is 0 Å². The van der Waals surface area contributed by atoms with Crippen molar-refractivity contribution in [3.05, 3.63) is 71.8 Å². The normalized spacial score (nSPS) is 19.1. The number of aryl methyl sites for hydroxylation is 1. The Bertz CT molecular complexity index is 975. The quantitative estimate of drug-likeness (QED) is 0.536. The second-order valence-electron chi connectivity index (χ2n) is 6.36. The van der Waals surface area contributed by atoms with Crippen LogP contribution in [0.15, 0.2) is 54.7 Å². The molecule has 2 aromatic carbocycles. The first-order valence-corrected chi connectivity index (χ1v) is 8.17. The van der Waals surface area contributed by atoms with E-state index in [2.05, 4.69) is 10.4 Å². The average Bonchev–Trinajstić information content (AvgIpc) is 3.27. The molecule has 1 fully saturated rings. The largest absolute Gasteiger partial charge is 0.435 e. The number of halogens is 4. The summed E-state index contributed by atoms with van der Waals surface area (Å²) in [5, 5.41) is 6.63. The molecule has 140 valence electrons. The van der Waals surface area contributed by atoms with Crippen molar-refractivity contribution in [1.29, 1.82) is 0 Å². The van der Waals surface area contributed by atoms with Crippen LogP contribution in [0.5, 0.6) is 0 Å². The zero-order chi connectivity index (χ0) is 19.2. The molecular weight excluding hydrogens is 362 g/mol. The van der Waals surface area contributed by atoms with E-state index in [0.717, 1.165) is 15.8 Å². The molecule has 0 bridgehead atoms. The van der Waals surface area contributed by atoms with Crippen LogP contribution in [0.25, 0.3) is 11.1 Å². The lowest BCUT2D eigenvalue weighted by Crippen LogP contribution is -2.24. The van der Waals surface area contributed by atoms with Crippen molar-refractivity contribution < 1.29 is 22.3 Å². The van der Waals surface area contributed by atoms with Crippen LogP contribution in [0.3, 0.4) is 0 Å². The molecular formula is C19H15F4N3O. The number of alkyl halides is 3. The van der Waals surface area contributed by atoms with Gasteiger partial charge >= 0.3 is 6.18 Å². The Hall–Kier alpha value is -2.87. The minimum atomic E-state index is -4.59. The van der Waals surface area contributed by atoms with Gasteiger partial charge in [0.1, 0.15) is 12.4 Å². The fourth-order valence-corrected chi connectivity index (χ4v) is 3.05. The minimum Gasteiger partial charge on any atom is -0.351 e. The Kier molecular flexibility index (Phi) is 3.96. The van der Waals surface area contributed by atoms with Gasteiger partial charge in [0.2, 0.25) is 0 Å². The molecule has 27 heavy (non-hydrogen) atoms. The van der Waals surface area contributed by atoms with Crippen LogP contribution >= 0.6 is 0 Å². The van der Waals surface area contributed by atoms with E-state index in [1.54, 1.807) is 36.4 Å². The van der Waals surface area contributed by atoms with Crippen molar-refractivity contribution >= 4 is 5.69 Å². The molecule has 3 aromatic rings. The van der Waals surface area contributed by atoms with Crippen LogP contribution in [-0.4, -0.2) is 16.4 Å². The lowest BCUT2D eigenvalue weighted by atomic mass is 10.0. The summed E-state index contributed by atoms with van der Waals surface area (Å²) in [5.41, 5.74) is -0.295. The Morgan fingerprint density at radius 2 is 1.78 bits per heavy atom. The van der Waals surface area contributed by atoms with E-state index in [1.165, 1.54) is 25.4 Å². The highest BCUT2D eigenvalue weighted by molar-refractivity contribution is 5.78. The molecule has 0 radical (unpaired) electrons. The van der Waals surface area contributed by atoms with E-state index in [4.69, 9.17) is 4.74 Å². The van der Waals surface area contributed by atoms with Crippen molar-refractivity contribution in [3.8, 4) is 11.1 Å². The molecule has 0 spiro atoms. The second-order valence-corrected chi connectivity index (χ2v) is 6.36. The number of ether oxygens (including phenoxy) is 1. The van der Waals surface area contributed by atoms with Gasteiger partial charge in [-0.3, -0.25) is 4.68 Å². The maximum atomic E-state index is 13.3. The van der Waals surface area contributed by atoms with Gasteiger partial charge in [0.25, 0.3) is 0 Å². The van der Waals surface area contributed by atoms with Crippen LogP contribution in [0.1, 0.15) is 11.3 Å². The lowest BCUT2D eigenvalue weighted by molar-refractivity contribution is -0.142. The van der Waals surface area contributed by atoms with E-state index in [1.807, 2.05) is 0 Å². The number of nitrogens with zero attached hydrogens (tertiary/aromatic N) is 2. The van der Waals surface area contributed by atoms with E-state index in [-0.39, 0.29) is 18.0 Å². The van der Waals surface area contributed by atoms with Gasteiger partial charge in [-0.1, -0.05) is 30.3 Å². The predicted molar refractivity (Wildman–Crippen MR) is 91.3 cm³/mol. The van der Waals surface area contributed by atoms with E-state index >= 15 is 0 Å². The summed E-state index contributed by atoms with van der Waals surface area (Å²) in [6.07, 6.45) is -3.28. The van der Waals surface area contributed by atoms with E-state index in [9.17, 15) is 17.6 Å². The third-order valence-corrected chi connectivity index (χ3v) is 4.38. The molecule has 1 aliphatic rings. The van der Waals surface area contributed by atoms with Crippen molar-refractivity contribution in [2.45, 2.75) is 11.9 Å². The second kappa shape index (κ2) is 6.09. The Balaban J connectivity index is 1.73. The summed E-state index contributed by atoms with van der Waals surface area (Å²) < 4.78 is 59.8. The highest BCUT2D eigenvalue weighted by atomic mass is 19.4. The fourth-order valence-electron chi connectivity index (χ4n) is 3.05. The van der Waals surface area contributed by atoms with Gasteiger partial charge in [0, 0.05) is 24.5 Å². The average molecular weight is 377 g/mol. The molecule has 1 saturated heterocycles. The molecule has 1 N–H and O–H groups in total. The highest BCUT2D eigenvalue weighted by Crippen LogP contribution is 2.46. The Morgan fingerprint density at radius 3 is 2.41 bits per heavy atom. The van der Waals surface area contributed by atoms with Crippen LogP contribution in [-0.2, 0) is 23.7 Å². The van der Waals surface area contributed by atoms with Crippen molar-refractivity contribution in [3.63, 3.8) is 0 Å². The monoisotopic (exact) mass is 377 g/mol. The summed E-state index contributed by atoms with van der Waals surface area (Å²) in [5.74, 6) is -0.364. The summed E-state index contributed by atoms with van der Waals surface area (Å²) in [7, 11) is 1.43. The molecule has 0 aliphatic carbocycles. The Morgan fingerprint density at radius 1 is 1.11 bits per heavy atom. The first-order valence-electron chi connectivity index (χ1n) is 8.17. The van der Waals surface area contributed by atoms with Crippen LogP contribution < -0.4 is 5.32 Å². The highest BCUT2D eigenvalue weighted by Gasteiger charge is 2.54. The maximum Gasteiger partial charge on any atom is 0.435 e. The predicted octanol–water partition coefficient (Wildman–Crippen LogP) is 4.54. The number of nitrogens with one attached hydrogen (secondary N) is 1. The SMILES string of the molecule is Cn1cc(C2(Nc3ccccc3-c3ccc(F)cc3)CO2)c(C(F)(F)F)n1. The van der Waals surface area contributed by atoms with Gasteiger partial charge in [0.15, 0.2) is 11.4 Å². The van der Waals surface area contributed by atoms with Crippen molar-refractivity contribution in [2.24, 2.45) is 7.05 Å².